The van der Waals surface area contributed by atoms with Crippen LogP contribution in [0.15, 0.2) is 18.2 Å². The Bertz CT molecular complexity index is 692. The molecule has 120 valence electrons. The van der Waals surface area contributed by atoms with Crippen LogP contribution in [0.25, 0.3) is 0 Å². The smallest absolute Gasteiger partial charge is 0.339 e. The number of rotatable bonds is 6. The molecule has 2 amide bonds. The van der Waals surface area contributed by atoms with Gasteiger partial charge in [0, 0.05) is 20.3 Å². The first kappa shape index (κ1) is 16.6. The van der Waals surface area contributed by atoms with Gasteiger partial charge in [-0.05, 0) is 31.5 Å². The van der Waals surface area contributed by atoms with E-state index >= 15 is 0 Å². The van der Waals surface area contributed by atoms with Crippen molar-refractivity contribution in [1.82, 2.24) is 4.90 Å². The number of fused-ring (bicyclic) bond motifs is 1. The largest absolute Gasteiger partial charge is 0.444 e. The number of benzene rings is 1. The molecule has 0 saturated heterocycles. The van der Waals surface area contributed by atoms with Gasteiger partial charge in [-0.2, -0.15) is 5.26 Å². The van der Waals surface area contributed by atoms with Crippen LogP contribution in [-0.4, -0.2) is 49.0 Å². The number of nitriles is 1. The van der Waals surface area contributed by atoms with Crippen LogP contribution in [0.3, 0.4) is 0 Å². The van der Waals surface area contributed by atoms with Crippen LogP contribution in [0.1, 0.15) is 44.4 Å². The molecule has 1 heterocycles. The standard InChI is InChI=1S/C16H16N2O5/c1-10(9-17)23-16(21)11-4-5-12-13(8-11)15(20)18(14(12)19)6-3-7-22-2/h4-5,8,10H,3,6-7H2,1-2H3/t10-/m1/s1. The lowest BCUT2D eigenvalue weighted by Crippen LogP contribution is -2.31. The van der Waals surface area contributed by atoms with Crippen molar-refractivity contribution in [2.75, 3.05) is 20.3 Å². The maximum Gasteiger partial charge on any atom is 0.339 e. The summed E-state index contributed by atoms with van der Waals surface area (Å²) in [6.45, 7) is 2.14. The lowest BCUT2D eigenvalue weighted by Gasteiger charge is -2.12. The Balaban J connectivity index is 2.20. The molecule has 1 atom stereocenters. The van der Waals surface area contributed by atoms with Gasteiger partial charge in [-0.1, -0.05) is 0 Å². The molecule has 0 radical (unpaired) electrons. The zero-order chi connectivity index (χ0) is 17.0. The molecular weight excluding hydrogens is 300 g/mol. The third-order valence-corrected chi connectivity index (χ3v) is 3.40. The van der Waals surface area contributed by atoms with E-state index in [2.05, 4.69) is 0 Å². The van der Waals surface area contributed by atoms with Crippen LogP contribution in [-0.2, 0) is 9.47 Å². The molecule has 23 heavy (non-hydrogen) atoms. The first-order chi connectivity index (χ1) is 11.0. The van der Waals surface area contributed by atoms with Crippen molar-refractivity contribution < 1.29 is 23.9 Å². The molecule has 0 aromatic heterocycles. The molecule has 0 unspecified atom stereocenters. The lowest BCUT2D eigenvalue weighted by molar-refractivity contribution is 0.0435. The Morgan fingerprint density at radius 1 is 1.30 bits per heavy atom. The van der Waals surface area contributed by atoms with Crippen molar-refractivity contribution in [3.63, 3.8) is 0 Å². The topological polar surface area (TPSA) is 96.7 Å². The summed E-state index contributed by atoms with van der Waals surface area (Å²) in [5.41, 5.74) is 0.564. The highest BCUT2D eigenvalue weighted by Crippen LogP contribution is 2.24. The Morgan fingerprint density at radius 2 is 2.00 bits per heavy atom. The van der Waals surface area contributed by atoms with Gasteiger partial charge in [0.15, 0.2) is 6.10 Å². The van der Waals surface area contributed by atoms with Crippen LogP contribution in [0.5, 0.6) is 0 Å². The summed E-state index contributed by atoms with van der Waals surface area (Å²) in [5.74, 6) is -1.53. The van der Waals surface area contributed by atoms with Gasteiger partial charge >= 0.3 is 5.97 Å². The molecule has 1 aromatic carbocycles. The molecule has 0 spiro atoms. The molecule has 1 aliphatic rings. The summed E-state index contributed by atoms with van der Waals surface area (Å²) in [6.07, 6.45) is -0.352. The number of esters is 1. The number of methoxy groups -OCH3 is 1. The van der Waals surface area contributed by atoms with Crippen LogP contribution < -0.4 is 0 Å². The molecule has 0 bridgehead atoms. The number of amides is 2. The van der Waals surface area contributed by atoms with Crippen molar-refractivity contribution in [2.45, 2.75) is 19.4 Å². The molecule has 0 aliphatic carbocycles. The Hall–Kier alpha value is -2.72. The number of carbonyl (C=O) groups excluding carboxylic acids is 3. The number of carbonyl (C=O) groups is 3. The summed E-state index contributed by atoms with van der Waals surface area (Å²) in [6, 6.07) is 5.96. The van der Waals surface area contributed by atoms with Gasteiger partial charge in [0.2, 0.25) is 0 Å². The molecule has 7 heteroatoms. The first-order valence-electron chi connectivity index (χ1n) is 7.09. The Labute approximate surface area is 133 Å². The van der Waals surface area contributed by atoms with Crippen LogP contribution in [0.2, 0.25) is 0 Å². The maximum absolute atomic E-state index is 12.3. The third kappa shape index (κ3) is 3.38. The first-order valence-corrected chi connectivity index (χ1v) is 7.09. The summed E-state index contributed by atoms with van der Waals surface area (Å²) in [4.78, 5) is 37.6. The molecule has 1 aromatic rings. The third-order valence-electron chi connectivity index (χ3n) is 3.40. The molecule has 0 saturated carbocycles. The number of imide groups is 1. The fourth-order valence-corrected chi connectivity index (χ4v) is 2.24. The fourth-order valence-electron chi connectivity index (χ4n) is 2.24. The second-order valence-electron chi connectivity index (χ2n) is 5.05. The second kappa shape index (κ2) is 7.03. The molecule has 7 nitrogen and oxygen atoms in total. The van der Waals surface area contributed by atoms with Crippen molar-refractivity contribution in [3.8, 4) is 6.07 Å². The second-order valence-corrected chi connectivity index (χ2v) is 5.05. The monoisotopic (exact) mass is 316 g/mol. The van der Waals surface area contributed by atoms with Gasteiger partial charge in [0.1, 0.15) is 6.07 Å². The van der Waals surface area contributed by atoms with Crippen molar-refractivity contribution >= 4 is 17.8 Å². The average Bonchev–Trinajstić information content (AvgIpc) is 2.79. The number of nitrogens with zero attached hydrogens (tertiary/aromatic N) is 2. The van der Waals surface area contributed by atoms with E-state index < -0.39 is 18.0 Å². The van der Waals surface area contributed by atoms with Gasteiger partial charge in [0.25, 0.3) is 11.8 Å². The Kier molecular flexibility index (Phi) is 5.09. The van der Waals surface area contributed by atoms with Gasteiger partial charge in [-0.15, -0.1) is 0 Å². The molecular formula is C16H16N2O5. The molecule has 0 fully saturated rings. The van der Waals surface area contributed by atoms with Crippen LogP contribution >= 0.6 is 0 Å². The SMILES string of the molecule is COCCCN1C(=O)c2ccc(C(=O)O[C@H](C)C#N)cc2C1=O. The van der Waals surface area contributed by atoms with E-state index in [-0.39, 0.29) is 29.1 Å². The highest BCUT2D eigenvalue weighted by atomic mass is 16.5. The maximum atomic E-state index is 12.3. The fraction of sp³-hybridized carbons (Fsp3) is 0.375. The quantitative estimate of drug-likeness (QED) is 0.447. The minimum Gasteiger partial charge on any atom is -0.444 e. The van der Waals surface area contributed by atoms with Crippen LogP contribution in [0.4, 0.5) is 0 Å². The molecule has 1 aliphatic heterocycles. The van der Waals surface area contributed by atoms with E-state index in [0.717, 1.165) is 4.90 Å². The lowest BCUT2D eigenvalue weighted by atomic mass is 10.1. The van der Waals surface area contributed by atoms with Crippen LogP contribution in [0, 0.1) is 11.3 Å². The predicted octanol–water partition coefficient (Wildman–Crippen LogP) is 1.39. The molecule has 2 rings (SSSR count). The normalized spacial score (nSPS) is 14.4. The summed E-state index contributed by atoms with van der Waals surface area (Å²) < 4.78 is 9.80. The summed E-state index contributed by atoms with van der Waals surface area (Å²) >= 11 is 0. The van der Waals surface area contributed by atoms with E-state index in [1.165, 1.54) is 25.1 Å². The summed E-state index contributed by atoms with van der Waals surface area (Å²) in [5, 5.41) is 8.66. The number of hydrogen-bond acceptors (Lipinski definition) is 6. The van der Waals surface area contributed by atoms with E-state index in [1.807, 2.05) is 0 Å². The Morgan fingerprint density at radius 3 is 2.65 bits per heavy atom. The van der Waals surface area contributed by atoms with E-state index in [1.54, 1.807) is 13.2 Å². The minimum atomic E-state index is -0.890. The summed E-state index contributed by atoms with van der Waals surface area (Å²) in [7, 11) is 1.54. The van der Waals surface area contributed by atoms with E-state index in [4.69, 9.17) is 14.7 Å². The van der Waals surface area contributed by atoms with Crippen molar-refractivity contribution in [1.29, 1.82) is 5.26 Å². The highest BCUT2D eigenvalue weighted by Gasteiger charge is 2.35. The predicted molar refractivity (Wildman–Crippen MR) is 78.8 cm³/mol. The minimum absolute atomic E-state index is 0.130. The average molecular weight is 316 g/mol. The van der Waals surface area contributed by atoms with E-state index in [9.17, 15) is 14.4 Å². The van der Waals surface area contributed by atoms with E-state index in [0.29, 0.717) is 13.0 Å². The molecule has 0 N–H and O–H groups in total. The number of ether oxygens (including phenoxy) is 2. The van der Waals surface area contributed by atoms with Gasteiger partial charge in [-0.3, -0.25) is 14.5 Å². The van der Waals surface area contributed by atoms with Gasteiger partial charge in [-0.25, -0.2) is 4.79 Å². The zero-order valence-corrected chi connectivity index (χ0v) is 12.9. The number of hydrogen-bond donors (Lipinski definition) is 0. The van der Waals surface area contributed by atoms with Gasteiger partial charge in [0.05, 0.1) is 16.7 Å². The highest BCUT2D eigenvalue weighted by molar-refractivity contribution is 6.21. The van der Waals surface area contributed by atoms with Crippen molar-refractivity contribution in [3.05, 3.63) is 34.9 Å². The van der Waals surface area contributed by atoms with Crippen molar-refractivity contribution in [2.24, 2.45) is 0 Å². The zero-order valence-electron chi connectivity index (χ0n) is 12.9. The van der Waals surface area contributed by atoms with Gasteiger partial charge < -0.3 is 9.47 Å².